The van der Waals surface area contributed by atoms with Gasteiger partial charge in [-0.1, -0.05) is 171 Å². The van der Waals surface area contributed by atoms with Crippen molar-refractivity contribution in [2.45, 2.75) is 55.2 Å². The van der Waals surface area contributed by atoms with Crippen LogP contribution in [0.4, 0.5) is 0 Å². The molecule has 0 amide bonds. The number of aliphatic hydroxyl groups is 2. The van der Waals surface area contributed by atoms with E-state index in [1.807, 2.05) is 135 Å². The Morgan fingerprint density at radius 3 is 1.06 bits per heavy atom. The second kappa shape index (κ2) is 29.4. The molecule has 0 radical (unpaired) electrons. The molecule has 0 aliphatic heterocycles. The topological polar surface area (TPSA) is 206 Å². The molecule has 18 heteroatoms. The molecule has 2 aliphatic carbocycles. The van der Waals surface area contributed by atoms with E-state index in [2.05, 4.69) is 79.7 Å². The number of fused-ring (bicyclic) bond motifs is 8. The Kier molecular flexibility index (Phi) is 20.7. The summed E-state index contributed by atoms with van der Waals surface area (Å²) in [5, 5.41) is 18.3. The fraction of sp³-hybridized carbons (Fsp3) is 0.179. The van der Waals surface area contributed by atoms with E-state index in [0.717, 1.165) is 113 Å². The second-order valence-electron chi connectivity index (χ2n) is 22.7. The van der Waals surface area contributed by atoms with E-state index < -0.39 is 30.0 Å². The fourth-order valence-corrected chi connectivity index (χ4v) is 13.9. The zero-order valence-electron chi connectivity index (χ0n) is 52.3. The van der Waals surface area contributed by atoms with Crippen molar-refractivity contribution in [2.24, 2.45) is 0 Å². The molecule has 2 aliphatic rings. The molecule has 12 aromatic rings. The lowest BCUT2D eigenvalue weighted by Gasteiger charge is -2.32. The Labute approximate surface area is 564 Å². The Balaban J connectivity index is 0.000000170. The zero-order valence-corrected chi connectivity index (χ0v) is 54.7. The lowest BCUT2D eigenvalue weighted by Crippen LogP contribution is -2.29. The summed E-state index contributed by atoms with van der Waals surface area (Å²) < 4.78 is 74.9. The minimum atomic E-state index is -3.87. The van der Waals surface area contributed by atoms with Crippen LogP contribution in [0, 0.1) is 13.8 Å². The first-order valence-electron chi connectivity index (χ1n) is 31.0. The maximum atomic E-state index is 12.6. The van der Waals surface area contributed by atoms with E-state index in [0.29, 0.717) is 23.9 Å². The highest BCUT2D eigenvalue weighted by molar-refractivity contribution is 8.13. The largest absolute Gasteiger partial charge is 0.494 e. The van der Waals surface area contributed by atoms with E-state index >= 15 is 0 Å². The summed E-state index contributed by atoms with van der Waals surface area (Å²) in [6.07, 6.45) is 0.929. The third-order valence-electron chi connectivity index (χ3n) is 16.6. The summed E-state index contributed by atoms with van der Waals surface area (Å²) in [5.74, 6) is 2.80. The number of benzene rings is 10. The summed E-state index contributed by atoms with van der Waals surface area (Å²) in [6.45, 7) is 6.87. The molecule has 0 bridgehead atoms. The van der Waals surface area contributed by atoms with Crippen LogP contribution in [0.25, 0.3) is 44.6 Å². The van der Waals surface area contributed by atoms with Crippen molar-refractivity contribution in [3.05, 3.63) is 299 Å². The van der Waals surface area contributed by atoms with Crippen LogP contribution >= 0.6 is 10.7 Å². The predicted molar refractivity (Wildman–Crippen MR) is 375 cm³/mol. The van der Waals surface area contributed by atoms with Crippen LogP contribution in [0.1, 0.15) is 76.7 Å². The monoisotopic (exact) mass is 1340 g/mol. The average Bonchev–Trinajstić information content (AvgIpc) is 1.54. The molecule has 2 heterocycles. The molecule has 1 atom stereocenters. The van der Waals surface area contributed by atoms with Gasteiger partial charge in [-0.25, -0.2) is 28.4 Å². The lowest BCUT2D eigenvalue weighted by atomic mass is 9.69. The van der Waals surface area contributed by atoms with Gasteiger partial charge in [-0.15, -0.1) is 0 Å². The molecule has 14 rings (SSSR count). The predicted octanol–water partition coefficient (Wildman–Crippen LogP) is 15.2. The molecule has 488 valence electrons. The van der Waals surface area contributed by atoms with E-state index in [4.69, 9.17) is 64.0 Å². The number of aliphatic hydroxyl groups excluding tert-OH is 2. The van der Waals surface area contributed by atoms with Gasteiger partial charge in [0.25, 0.3) is 19.2 Å². The molecular formula is C78H71ClN4O11S2. The van der Waals surface area contributed by atoms with Crippen LogP contribution in [0.15, 0.2) is 252 Å². The lowest BCUT2D eigenvalue weighted by molar-refractivity contribution is 0.201. The summed E-state index contributed by atoms with van der Waals surface area (Å²) in [6, 6.07) is 77.7. The van der Waals surface area contributed by atoms with Crippen molar-refractivity contribution in [2.75, 3.05) is 46.2 Å². The van der Waals surface area contributed by atoms with Crippen molar-refractivity contribution in [3.8, 4) is 45.5 Å². The maximum absolute atomic E-state index is 12.6. The summed E-state index contributed by atoms with van der Waals surface area (Å²) in [5.41, 5.74) is 15.7. The molecule has 0 spiro atoms. The van der Waals surface area contributed by atoms with Crippen LogP contribution in [0.5, 0.6) is 23.0 Å². The summed E-state index contributed by atoms with van der Waals surface area (Å²) >= 11 is 0. The molecule has 96 heavy (non-hydrogen) atoms. The number of ether oxygens (including phenoxy) is 4. The van der Waals surface area contributed by atoms with Crippen LogP contribution in [0.2, 0.25) is 0 Å². The first-order valence-corrected chi connectivity index (χ1v) is 34.7. The third-order valence-corrected chi connectivity index (χ3v) is 19.3. The van der Waals surface area contributed by atoms with Crippen LogP contribution in [0.3, 0.4) is 0 Å². The van der Waals surface area contributed by atoms with Gasteiger partial charge in [-0.2, -0.15) is 8.42 Å². The van der Waals surface area contributed by atoms with Crippen LogP contribution < -0.4 is 18.9 Å². The molecule has 1 unspecified atom stereocenters. The average molecular weight is 1340 g/mol. The number of nitrogens with zero attached hydrogens (tertiary/aromatic N) is 4. The first kappa shape index (κ1) is 67.6. The first-order chi connectivity index (χ1) is 46.1. The maximum Gasteiger partial charge on any atom is 0.297 e. The number of hydrogen-bond donors (Lipinski definition) is 2. The standard InChI is InChI=1S/C39H34N2O5S.C31H26N2O4.C7H7ClO2S.CH4/c1-3-24-44-30-18-14-28(15-19-30)39(34-9-5-4-8-33(34)37-38(39)41-36-11-7-6-10-35(36)40-37)29-16-20-31(21-17-29)45-25-26-46-47(42,43)32-22-12-27(2)13-23-32;34-17-19-36-23-13-9-21(10-14-23)31(22-11-15-24(16-12-22)37-20-18-35)26-6-2-1-5-25(26)29-30(31)33-28-8-4-3-7-27(28)32-29;1-6-2-4-7(5-3-6)11(8,9)10;/h4-23H,3,24-26H2,1-2H3;1-16,34-35H,17-20H2;2-5H,1H3;1H4. The molecule has 15 nitrogen and oxygen atoms in total. The van der Waals surface area contributed by atoms with Gasteiger partial charge in [0, 0.05) is 21.8 Å². The van der Waals surface area contributed by atoms with E-state index in [1.54, 1.807) is 36.4 Å². The van der Waals surface area contributed by atoms with Crippen molar-refractivity contribution in [1.29, 1.82) is 0 Å². The second-order valence-corrected chi connectivity index (χ2v) is 26.9. The number of aromatic nitrogens is 4. The van der Waals surface area contributed by atoms with Crippen molar-refractivity contribution < 1.29 is 50.2 Å². The van der Waals surface area contributed by atoms with Crippen LogP contribution in [-0.4, -0.2) is 93.2 Å². The van der Waals surface area contributed by atoms with E-state index in [1.165, 1.54) is 12.1 Å². The smallest absolute Gasteiger partial charge is 0.297 e. The van der Waals surface area contributed by atoms with E-state index in [9.17, 15) is 16.8 Å². The zero-order chi connectivity index (χ0) is 66.2. The highest BCUT2D eigenvalue weighted by atomic mass is 35.7. The molecule has 2 N–H and O–H groups in total. The van der Waals surface area contributed by atoms with Crippen molar-refractivity contribution in [1.82, 2.24) is 19.9 Å². The summed E-state index contributed by atoms with van der Waals surface area (Å²) in [7, 11) is -2.34. The molecule has 2 aromatic heterocycles. The molecule has 0 saturated carbocycles. The number of rotatable bonds is 20. The Bertz CT molecular complexity index is 4860. The van der Waals surface area contributed by atoms with Crippen LogP contribution in [-0.2, 0) is 34.2 Å². The number of aryl methyl sites for hydroxylation is 2. The molecular weight excluding hydrogens is 1270 g/mol. The van der Waals surface area contributed by atoms with Gasteiger partial charge in [0.15, 0.2) is 0 Å². The third kappa shape index (κ3) is 13.7. The normalized spacial score (nSPS) is 13.9. The summed E-state index contributed by atoms with van der Waals surface area (Å²) in [4.78, 5) is 21.0. The van der Waals surface area contributed by atoms with Gasteiger partial charge >= 0.3 is 0 Å². The number of halogens is 1. The minimum Gasteiger partial charge on any atom is -0.494 e. The Morgan fingerprint density at radius 2 is 0.708 bits per heavy atom. The van der Waals surface area contributed by atoms with E-state index in [-0.39, 0.29) is 56.9 Å². The Morgan fingerprint density at radius 1 is 0.385 bits per heavy atom. The van der Waals surface area contributed by atoms with Gasteiger partial charge < -0.3 is 29.2 Å². The van der Waals surface area contributed by atoms with Gasteiger partial charge in [0.2, 0.25) is 0 Å². The van der Waals surface area contributed by atoms with Gasteiger partial charge in [0.05, 0.1) is 85.3 Å². The minimum absolute atomic E-state index is 0. The molecule has 0 fully saturated rings. The quantitative estimate of drug-likeness (QED) is 0.0413. The molecule has 0 saturated heterocycles. The fourth-order valence-electron chi connectivity index (χ4n) is 12.2. The number of hydrogen-bond acceptors (Lipinski definition) is 15. The Hall–Kier alpha value is -9.85. The SMILES string of the molecule is C.CCCOc1ccc(C2(c3ccc(OCCOS(=O)(=O)c4ccc(C)cc4)cc3)c3ccccc3-c3nc4ccccc4nc32)cc1.Cc1ccc(S(=O)(=O)Cl)cc1.OCCOc1ccc(C2(c3ccc(OCCO)cc3)c3ccccc3-c3nc4ccccc4nc32)cc1. The van der Waals surface area contributed by atoms with Crippen molar-refractivity contribution in [3.63, 3.8) is 0 Å². The van der Waals surface area contributed by atoms with Gasteiger partial charge in [-0.05, 0) is 151 Å². The highest BCUT2D eigenvalue weighted by Gasteiger charge is 2.50. The number of para-hydroxylation sites is 4. The van der Waals surface area contributed by atoms with Gasteiger partial charge in [-0.3, -0.25) is 4.18 Å². The van der Waals surface area contributed by atoms with Crippen molar-refractivity contribution >= 4 is 51.9 Å². The highest BCUT2D eigenvalue weighted by Crippen LogP contribution is 2.57. The molecule has 10 aromatic carbocycles. The van der Waals surface area contributed by atoms with Gasteiger partial charge in [0.1, 0.15) is 49.4 Å².